The van der Waals surface area contributed by atoms with Gasteiger partial charge in [0.25, 0.3) is 0 Å². The van der Waals surface area contributed by atoms with E-state index in [4.69, 9.17) is 0 Å². The Bertz CT molecular complexity index is 5.93. The molecule has 0 atom stereocenters. The van der Waals surface area contributed by atoms with Gasteiger partial charge in [0.1, 0.15) is 0 Å². The third kappa shape index (κ3) is 213. The van der Waals surface area contributed by atoms with Crippen molar-refractivity contribution in [2.24, 2.45) is 0 Å². The van der Waals surface area contributed by atoms with Gasteiger partial charge in [0.2, 0.25) is 0 Å². The second-order valence-electron chi connectivity index (χ2n) is 0. The van der Waals surface area contributed by atoms with Crippen molar-refractivity contribution in [2.45, 2.75) is 0 Å². The Morgan fingerprint density at radius 2 is 0.0870 bits per heavy atom. The topological polar surface area (TPSA) is 0 Å². The van der Waals surface area contributed by atoms with Crippen molar-refractivity contribution in [3.63, 3.8) is 0 Å². The van der Waals surface area contributed by atoms with Crippen LogP contribution in [-0.2, 0) is 408 Å². The van der Waals surface area contributed by atoms with E-state index >= 15 is 0 Å². The second kappa shape index (κ2) is 226. The van der Waals surface area contributed by atoms with Crippen LogP contribution in [0.1, 0.15) is 0 Å². The summed E-state index contributed by atoms with van der Waals surface area (Å²) >= 11 is 0. The van der Waals surface area contributed by atoms with Gasteiger partial charge < -0.3 is 0 Å². The van der Waals surface area contributed by atoms with Gasteiger partial charge in [-0.1, -0.05) is 0 Å². The Kier molecular flexibility index (Phi) is 2420. The zero-order valence-electron chi connectivity index (χ0n) is 10.3. The van der Waals surface area contributed by atoms with E-state index in [9.17, 15) is 0 Å². The molecule has 0 rings (SSSR count). The smallest absolute Gasteiger partial charge is 0 e. The van der Waals surface area contributed by atoms with Crippen LogP contribution in [0, 0.1) is 31.1 Å². The minimum absolute atomic E-state index is 0. The van der Waals surface area contributed by atoms with Gasteiger partial charge in [-0.15, -0.1) is 0 Å². The zero-order valence-corrected chi connectivity index (χ0v) is 45.2. The van der Waals surface area contributed by atoms with E-state index in [0.29, 0.717) is 0 Å². The van der Waals surface area contributed by atoms with Crippen LogP contribution >= 0.6 is 0 Å². The summed E-state index contributed by atoms with van der Waals surface area (Å²) in [4.78, 5) is 0. The summed E-state index contributed by atoms with van der Waals surface area (Å²) in [5.74, 6) is 0. The van der Waals surface area contributed by atoms with Crippen LogP contribution in [0.3, 0.4) is 0 Å². The van der Waals surface area contributed by atoms with Gasteiger partial charge in [0, 0.05) is 439 Å². The van der Waals surface area contributed by atoms with E-state index in [1.807, 2.05) is 0 Å². The summed E-state index contributed by atoms with van der Waals surface area (Å²) in [7, 11) is 0. The fourth-order valence-corrected chi connectivity index (χ4v) is 0. The standard InChI is InChI=1S/U.22V. The van der Waals surface area contributed by atoms with Crippen LogP contribution in [0.5, 0.6) is 0 Å². The van der Waals surface area contributed by atoms with E-state index in [-0.39, 0.29) is 439 Å². The normalized spacial score (nSPS) is 0. The molecule has 0 nitrogen and oxygen atoms in total. The van der Waals surface area contributed by atoms with E-state index in [1.54, 1.807) is 0 Å². The van der Waals surface area contributed by atoms with Crippen LogP contribution in [0.4, 0.5) is 0 Å². The molecule has 0 aliphatic heterocycles. The predicted octanol–water partition coefficient (Wildman–Crippen LogP) is -0.0550. The SMILES string of the molecule is [U].[V].[V].[V].[V].[V].[V].[V].[V].[V].[V].[V].[V].[V].[V].[V].[V].[V].[V].[V].[V].[V].[V]. The van der Waals surface area contributed by atoms with E-state index < -0.39 is 0 Å². The Labute approximate surface area is 427 Å². The molecule has 0 aromatic heterocycles. The van der Waals surface area contributed by atoms with Crippen molar-refractivity contribution in [2.75, 3.05) is 0 Å². The first-order valence-corrected chi connectivity index (χ1v) is 0. The molecule has 0 bridgehead atoms. The molecule has 0 aromatic carbocycles. The molecule has 0 N–H and O–H groups in total. The maximum Gasteiger partial charge on any atom is 0 e. The summed E-state index contributed by atoms with van der Waals surface area (Å²) < 4.78 is 0. The Hall–Kier alpha value is 13.9. The molecule has 114 valence electrons. The molecule has 0 fully saturated rings. The van der Waals surface area contributed by atoms with Crippen molar-refractivity contribution in [1.82, 2.24) is 0 Å². The van der Waals surface area contributed by atoms with E-state index in [2.05, 4.69) is 0 Å². The Balaban J connectivity index is 0. The molecule has 0 spiro atoms. The van der Waals surface area contributed by atoms with E-state index in [1.165, 1.54) is 0 Å². The largest absolute Gasteiger partial charge is 0 e. The fourth-order valence-electron chi connectivity index (χ4n) is 0. The fraction of sp³-hybridized carbons (Fsp3) is 0. The molecule has 22 radical (unpaired) electrons. The molecular formula is UV22. The van der Waals surface area contributed by atoms with Gasteiger partial charge in [-0.25, -0.2) is 0 Å². The molecule has 0 heterocycles. The summed E-state index contributed by atoms with van der Waals surface area (Å²) in [6.07, 6.45) is 0. The third-order valence-electron chi connectivity index (χ3n) is 0. The summed E-state index contributed by atoms with van der Waals surface area (Å²) in [5.41, 5.74) is 0. The van der Waals surface area contributed by atoms with E-state index in [0.717, 1.165) is 0 Å². The average Bonchev–Trinajstić information content (AvgIpc) is 0. The zero-order chi connectivity index (χ0) is 0. The molecule has 0 amide bonds. The predicted molar refractivity (Wildman–Crippen MR) is 0 cm³/mol. The van der Waals surface area contributed by atoms with Crippen molar-refractivity contribution in [1.29, 1.82) is 0 Å². The van der Waals surface area contributed by atoms with Gasteiger partial charge in [-0.3, -0.25) is 0 Å². The number of hydrogen-bond donors (Lipinski definition) is 0. The minimum Gasteiger partial charge on any atom is 0 e. The average molecular weight is 1360 g/mol. The maximum atomic E-state index is 0. The second-order valence-corrected chi connectivity index (χ2v) is 0. The van der Waals surface area contributed by atoms with Gasteiger partial charge >= 0.3 is 0 Å². The van der Waals surface area contributed by atoms with Crippen molar-refractivity contribution < 1.29 is 439 Å². The van der Waals surface area contributed by atoms with Crippen LogP contribution in [0.25, 0.3) is 0 Å². The van der Waals surface area contributed by atoms with Crippen LogP contribution < -0.4 is 0 Å². The van der Waals surface area contributed by atoms with Gasteiger partial charge in [-0.05, 0) is 0 Å². The molecule has 0 aliphatic rings. The summed E-state index contributed by atoms with van der Waals surface area (Å²) in [6.45, 7) is 0. The van der Waals surface area contributed by atoms with Crippen LogP contribution in [-0.4, -0.2) is 0 Å². The molecule has 23 heavy (non-hydrogen) atoms. The minimum atomic E-state index is 0. The molecule has 23 heteroatoms. The quantitative estimate of drug-likeness (QED) is 0.320. The molecular weight excluding hydrogens is 1360 g/mol. The third-order valence-corrected chi connectivity index (χ3v) is 0. The molecule has 0 aliphatic carbocycles. The van der Waals surface area contributed by atoms with Crippen molar-refractivity contribution >= 4 is 0 Å². The molecule has 0 saturated heterocycles. The van der Waals surface area contributed by atoms with Crippen LogP contribution in [0.15, 0.2) is 0 Å². The summed E-state index contributed by atoms with van der Waals surface area (Å²) in [6, 6.07) is 0. The molecule has 0 saturated carbocycles. The monoisotopic (exact) mass is 1360 g/mol. The maximum absolute atomic E-state index is 0. The molecule has 0 unspecified atom stereocenters. The first-order chi connectivity index (χ1) is 0. The van der Waals surface area contributed by atoms with Crippen molar-refractivity contribution in [3.8, 4) is 0 Å². The van der Waals surface area contributed by atoms with Gasteiger partial charge in [0.15, 0.2) is 0 Å². The van der Waals surface area contributed by atoms with Crippen molar-refractivity contribution in [3.05, 3.63) is 0 Å². The number of hydrogen-bond acceptors (Lipinski definition) is 0. The first kappa shape index (κ1) is 246. The summed E-state index contributed by atoms with van der Waals surface area (Å²) in [5, 5.41) is 0. The van der Waals surface area contributed by atoms with Gasteiger partial charge in [-0.2, -0.15) is 0 Å². The Morgan fingerprint density at radius 1 is 0.0870 bits per heavy atom. The van der Waals surface area contributed by atoms with Crippen LogP contribution in [0.2, 0.25) is 0 Å². The number of rotatable bonds is 0. The molecule has 0 aromatic rings. The Morgan fingerprint density at radius 3 is 0.0870 bits per heavy atom. The van der Waals surface area contributed by atoms with Gasteiger partial charge in [0.05, 0.1) is 0 Å². The first-order valence-electron chi connectivity index (χ1n) is 0.